The first-order valence-corrected chi connectivity index (χ1v) is 11.7. The number of benzene rings is 2. The van der Waals surface area contributed by atoms with E-state index in [9.17, 15) is 4.79 Å². The zero-order valence-corrected chi connectivity index (χ0v) is 19.0. The van der Waals surface area contributed by atoms with Crippen LogP contribution < -0.4 is 5.32 Å². The lowest BCUT2D eigenvalue weighted by Crippen LogP contribution is -2.17. The number of rotatable bonds is 7. The highest BCUT2D eigenvalue weighted by atomic mass is 35.5. The minimum atomic E-state index is -0.133. The van der Waals surface area contributed by atoms with Gasteiger partial charge in [0.15, 0.2) is 5.16 Å². The number of anilines is 1. The van der Waals surface area contributed by atoms with Crippen LogP contribution in [0.25, 0.3) is 11.4 Å². The SMILES string of the molecule is Cc1ccc(-n2cnnc2SCC(=O)Nc2cc(C3CC3)nn2-c2ccccc2)cc1Cl. The van der Waals surface area contributed by atoms with Gasteiger partial charge < -0.3 is 5.32 Å². The smallest absolute Gasteiger partial charge is 0.236 e. The molecule has 5 rings (SSSR count). The molecule has 0 atom stereocenters. The number of thioether (sulfide) groups is 1. The van der Waals surface area contributed by atoms with Gasteiger partial charge in [-0.05, 0) is 49.6 Å². The van der Waals surface area contributed by atoms with E-state index in [4.69, 9.17) is 16.7 Å². The normalized spacial score (nSPS) is 13.3. The summed E-state index contributed by atoms with van der Waals surface area (Å²) in [6, 6.07) is 17.6. The fourth-order valence-corrected chi connectivity index (χ4v) is 4.28. The van der Waals surface area contributed by atoms with E-state index < -0.39 is 0 Å². The molecule has 0 saturated heterocycles. The van der Waals surface area contributed by atoms with E-state index in [1.54, 1.807) is 11.0 Å². The summed E-state index contributed by atoms with van der Waals surface area (Å²) in [5.41, 5.74) is 3.79. The monoisotopic (exact) mass is 464 g/mol. The van der Waals surface area contributed by atoms with Crippen LogP contribution in [0.1, 0.15) is 30.0 Å². The number of hydrogen-bond acceptors (Lipinski definition) is 5. The van der Waals surface area contributed by atoms with Crippen molar-refractivity contribution in [2.75, 3.05) is 11.1 Å². The third-order valence-corrected chi connectivity index (χ3v) is 6.62. The highest BCUT2D eigenvalue weighted by Gasteiger charge is 2.28. The van der Waals surface area contributed by atoms with Gasteiger partial charge in [0.05, 0.1) is 22.8 Å². The summed E-state index contributed by atoms with van der Waals surface area (Å²) in [5.74, 6) is 1.23. The van der Waals surface area contributed by atoms with E-state index in [2.05, 4.69) is 15.5 Å². The maximum Gasteiger partial charge on any atom is 0.236 e. The van der Waals surface area contributed by atoms with E-state index >= 15 is 0 Å². The largest absolute Gasteiger partial charge is 0.310 e. The van der Waals surface area contributed by atoms with Crippen molar-refractivity contribution in [2.24, 2.45) is 0 Å². The highest BCUT2D eigenvalue weighted by Crippen LogP contribution is 2.40. The van der Waals surface area contributed by atoms with Crippen LogP contribution in [0.4, 0.5) is 5.82 Å². The van der Waals surface area contributed by atoms with Crippen LogP contribution in [0, 0.1) is 6.92 Å². The summed E-state index contributed by atoms with van der Waals surface area (Å²) in [7, 11) is 0. The summed E-state index contributed by atoms with van der Waals surface area (Å²) < 4.78 is 3.62. The van der Waals surface area contributed by atoms with E-state index in [1.165, 1.54) is 11.8 Å². The molecule has 0 radical (unpaired) electrons. The van der Waals surface area contributed by atoms with Gasteiger partial charge in [0.1, 0.15) is 12.1 Å². The number of hydrogen-bond donors (Lipinski definition) is 1. The van der Waals surface area contributed by atoms with Crippen molar-refractivity contribution >= 4 is 35.1 Å². The molecule has 0 unspecified atom stereocenters. The van der Waals surface area contributed by atoms with E-state index in [0.717, 1.165) is 35.5 Å². The van der Waals surface area contributed by atoms with Crippen LogP contribution in [0.5, 0.6) is 0 Å². The van der Waals surface area contributed by atoms with E-state index in [-0.39, 0.29) is 11.7 Å². The van der Waals surface area contributed by atoms with Crippen LogP contribution in [0.3, 0.4) is 0 Å². The van der Waals surface area contributed by atoms with Crippen molar-refractivity contribution in [2.45, 2.75) is 30.8 Å². The molecule has 1 fully saturated rings. The summed E-state index contributed by atoms with van der Waals surface area (Å²) in [4.78, 5) is 12.8. The van der Waals surface area contributed by atoms with Crippen molar-refractivity contribution in [3.05, 3.63) is 77.2 Å². The number of aryl methyl sites for hydroxylation is 1. The predicted molar refractivity (Wildman–Crippen MR) is 126 cm³/mol. The molecular formula is C23H21ClN6OS. The number of aromatic nitrogens is 5. The Morgan fingerprint density at radius 1 is 1.16 bits per heavy atom. The maximum absolute atomic E-state index is 12.8. The zero-order chi connectivity index (χ0) is 22.1. The van der Waals surface area contributed by atoms with Gasteiger partial charge in [-0.1, -0.05) is 47.6 Å². The lowest BCUT2D eigenvalue weighted by atomic mass is 10.2. The third-order valence-electron chi connectivity index (χ3n) is 5.27. The first-order valence-electron chi connectivity index (χ1n) is 10.3. The lowest BCUT2D eigenvalue weighted by Gasteiger charge is -2.10. The van der Waals surface area contributed by atoms with Crippen LogP contribution in [0.2, 0.25) is 5.02 Å². The van der Waals surface area contributed by atoms with Gasteiger partial charge in [-0.2, -0.15) is 5.10 Å². The maximum atomic E-state index is 12.8. The fourth-order valence-electron chi connectivity index (χ4n) is 3.37. The molecule has 1 amide bonds. The molecule has 1 saturated carbocycles. The fraction of sp³-hybridized carbons (Fsp3) is 0.217. The van der Waals surface area contributed by atoms with Crippen molar-refractivity contribution in [1.29, 1.82) is 0 Å². The summed E-state index contributed by atoms with van der Waals surface area (Å²) in [6.45, 7) is 1.95. The van der Waals surface area contributed by atoms with Crippen molar-refractivity contribution < 1.29 is 4.79 Å². The lowest BCUT2D eigenvalue weighted by molar-refractivity contribution is -0.113. The van der Waals surface area contributed by atoms with Crippen molar-refractivity contribution in [1.82, 2.24) is 24.5 Å². The second-order valence-electron chi connectivity index (χ2n) is 7.73. The summed E-state index contributed by atoms with van der Waals surface area (Å²) >= 11 is 7.58. The summed E-state index contributed by atoms with van der Waals surface area (Å²) in [6.07, 6.45) is 3.91. The first kappa shape index (κ1) is 20.8. The molecule has 0 aliphatic heterocycles. The Morgan fingerprint density at radius 2 is 1.97 bits per heavy atom. The predicted octanol–water partition coefficient (Wildman–Crippen LogP) is 5.02. The Hall–Kier alpha value is -3.10. The Labute approximate surface area is 194 Å². The Bertz CT molecular complexity index is 1260. The average Bonchev–Trinajstić information content (AvgIpc) is 3.40. The summed E-state index contributed by atoms with van der Waals surface area (Å²) in [5, 5.41) is 17.2. The molecule has 32 heavy (non-hydrogen) atoms. The molecule has 7 nitrogen and oxygen atoms in total. The van der Waals surface area contributed by atoms with Gasteiger partial charge in [0.2, 0.25) is 5.91 Å². The second kappa shape index (κ2) is 8.80. The number of carbonyl (C=O) groups excluding carboxylic acids is 1. The molecule has 162 valence electrons. The van der Waals surface area contributed by atoms with Gasteiger partial charge >= 0.3 is 0 Å². The van der Waals surface area contributed by atoms with Gasteiger partial charge in [0.25, 0.3) is 0 Å². The number of para-hydroxylation sites is 1. The topological polar surface area (TPSA) is 77.6 Å². The standard InChI is InChI=1S/C23H21ClN6OS/c1-15-7-10-18(11-19(15)24)29-14-25-27-23(29)32-13-22(31)26-21-12-20(16-8-9-16)28-30(21)17-5-3-2-4-6-17/h2-7,10-12,14,16H,8-9,13H2,1H3,(H,26,31). The molecule has 1 aliphatic rings. The van der Waals surface area contributed by atoms with Gasteiger partial charge in [-0.3, -0.25) is 9.36 Å². The molecule has 0 bridgehead atoms. The Morgan fingerprint density at radius 3 is 2.72 bits per heavy atom. The zero-order valence-electron chi connectivity index (χ0n) is 17.4. The number of carbonyl (C=O) groups is 1. The average molecular weight is 465 g/mol. The molecule has 1 aliphatic carbocycles. The van der Waals surface area contributed by atoms with Crippen molar-refractivity contribution in [3.8, 4) is 11.4 Å². The molecule has 0 spiro atoms. The van der Waals surface area contributed by atoms with Crippen LogP contribution in [0.15, 0.2) is 66.1 Å². The van der Waals surface area contributed by atoms with Crippen LogP contribution in [-0.2, 0) is 4.79 Å². The molecule has 2 heterocycles. The third kappa shape index (κ3) is 4.42. The van der Waals surface area contributed by atoms with Crippen molar-refractivity contribution in [3.63, 3.8) is 0 Å². The molecular weight excluding hydrogens is 444 g/mol. The molecule has 9 heteroatoms. The van der Waals surface area contributed by atoms with Gasteiger partial charge in [-0.25, -0.2) is 4.68 Å². The van der Waals surface area contributed by atoms with Gasteiger partial charge in [-0.15, -0.1) is 10.2 Å². The highest BCUT2D eigenvalue weighted by molar-refractivity contribution is 7.99. The van der Waals surface area contributed by atoms with E-state index in [1.807, 2.05) is 66.1 Å². The molecule has 1 N–H and O–H groups in total. The second-order valence-corrected chi connectivity index (χ2v) is 9.08. The van der Waals surface area contributed by atoms with Crippen LogP contribution in [-0.4, -0.2) is 36.2 Å². The van der Waals surface area contributed by atoms with E-state index in [0.29, 0.717) is 21.9 Å². The molecule has 2 aromatic carbocycles. The minimum Gasteiger partial charge on any atom is -0.310 e. The van der Waals surface area contributed by atoms with Crippen LogP contribution >= 0.6 is 23.4 Å². The number of halogens is 1. The quantitative estimate of drug-likeness (QED) is 0.388. The number of nitrogens with zero attached hydrogens (tertiary/aromatic N) is 5. The van der Waals surface area contributed by atoms with Gasteiger partial charge in [0, 0.05) is 17.0 Å². The molecule has 2 aromatic heterocycles. The Kier molecular flexibility index (Phi) is 5.71. The number of amides is 1. The molecule has 4 aromatic rings. The first-order chi connectivity index (χ1) is 15.6. The minimum absolute atomic E-state index is 0.133. The Balaban J connectivity index is 1.30. The number of nitrogens with one attached hydrogen (secondary N) is 1.